The minimum Gasteiger partial charge on any atom is -0.0711 e. The van der Waals surface area contributed by atoms with Crippen LogP contribution in [0.25, 0.3) is 0 Å². The summed E-state index contributed by atoms with van der Waals surface area (Å²) in [4.78, 5) is 0. The Morgan fingerprint density at radius 2 is 0.667 bits per heavy atom. The topological polar surface area (TPSA) is 0 Å². The Labute approximate surface area is 229 Å². The van der Waals surface area contributed by atoms with Gasteiger partial charge in [0.15, 0.2) is 0 Å². The first kappa shape index (κ1) is 25.8. The third-order valence-corrected chi connectivity index (χ3v) is 55.0. The van der Waals surface area contributed by atoms with Gasteiger partial charge in [0.1, 0.15) is 0 Å². The van der Waals surface area contributed by atoms with Crippen molar-refractivity contribution in [2.75, 3.05) is 0 Å². The molecule has 9 aliphatic rings. The molecular weight excluding hydrogens is 497 g/mol. The van der Waals surface area contributed by atoms with Crippen molar-refractivity contribution in [1.82, 2.24) is 0 Å². The van der Waals surface area contributed by atoms with Gasteiger partial charge in [-0.05, 0) is 131 Å². The van der Waals surface area contributed by atoms with Crippen molar-refractivity contribution in [3.63, 3.8) is 0 Å². The normalized spacial score (nSPS) is 50.5. The lowest BCUT2D eigenvalue weighted by molar-refractivity contribution is -0.0365. The van der Waals surface area contributed by atoms with Gasteiger partial charge >= 0.3 is 0 Å². The van der Waals surface area contributed by atoms with Gasteiger partial charge in [0.2, 0.25) is 0 Å². The lowest BCUT2D eigenvalue weighted by Crippen LogP contribution is -2.93. The first-order valence-electron chi connectivity index (χ1n) is 16.3. The van der Waals surface area contributed by atoms with Crippen molar-refractivity contribution in [2.45, 2.75) is 151 Å². The monoisotopic (exact) mass is 554 g/mol. The molecule has 2 spiro atoms. The van der Waals surface area contributed by atoms with Crippen LogP contribution in [0.1, 0.15) is 106 Å². The van der Waals surface area contributed by atoms with Crippen LogP contribution in [0, 0.1) is 47.3 Å². The maximum atomic E-state index is 3.01. The molecule has 9 rings (SSSR count). The summed E-state index contributed by atoms with van der Waals surface area (Å²) in [6.07, 6.45) is 16.8. The largest absolute Gasteiger partial charge is 0.0711 e. The molecule has 4 heteroatoms. The average Bonchev–Trinajstić information content (AvgIpc) is 2.69. The molecule has 0 atom stereocenters. The summed E-state index contributed by atoms with van der Waals surface area (Å²) in [6.45, 7) is 28.4. The minimum absolute atomic E-state index is 0.393. The van der Waals surface area contributed by atoms with E-state index in [-0.39, 0.29) is 0 Å². The van der Waals surface area contributed by atoms with E-state index in [0.717, 1.165) is 33.0 Å². The Bertz CT molecular complexity index is 789. The Morgan fingerprint density at radius 1 is 0.444 bits per heavy atom. The van der Waals surface area contributed by atoms with Crippen molar-refractivity contribution in [3.8, 4) is 0 Å². The van der Waals surface area contributed by atoms with Gasteiger partial charge in [0, 0.05) is 31.8 Å². The van der Waals surface area contributed by atoms with Gasteiger partial charge in [-0.3, -0.25) is 0 Å². The maximum absolute atomic E-state index is 3.01. The molecule has 202 valence electrons. The second-order valence-electron chi connectivity index (χ2n) is 18.8. The summed E-state index contributed by atoms with van der Waals surface area (Å²) in [5.41, 5.74) is 0. The summed E-state index contributed by atoms with van der Waals surface area (Å²) in [7, 11) is -3.62. The fourth-order valence-electron chi connectivity index (χ4n) is 13.2. The van der Waals surface area contributed by atoms with Crippen LogP contribution >= 0.6 is 0 Å². The van der Waals surface area contributed by atoms with E-state index in [4.69, 9.17) is 0 Å². The zero-order valence-corrected chi connectivity index (χ0v) is 29.7. The molecule has 8 aliphatic carbocycles. The molecule has 8 bridgehead atoms. The standard InChI is InChI=1S/C32H58Si4/c1-29(2,3)35(7,8)33-31(25-13-21-11-22(15-25)16-26(31)14-21)34(36(9,10)30(4,5)6)32(33)27-17-23-12-24(19-27)20-28(32)18-23/h21-28H,11-20H2,1-10H3. The molecule has 1 heterocycles. The SMILES string of the molecule is CC(C)(C)[Si](C)(C)[Si]1C2(C3CC4CC(C3)CC2C4)[Si]([Si](C)(C)C(C)(C)C)C12C1CC3CC(C1)CC2C3. The quantitative estimate of drug-likeness (QED) is 0.298. The highest BCUT2D eigenvalue weighted by molar-refractivity contribution is 7.55. The zero-order chi connectivity index (χ0) is 25.8. The number of rotatable bonds is 2. The molecule has 8 saturated carbocycles. The van der Waals surface area contributed by atoms with Crippen LogP contribution in [0.5, 0.6) is 0 Å². The van der Waals surface area contributed by atoms with Gasteiger partial charge in [0.05, 0.1) is 0 Å². The smallest absolute Gasteiger partial charge is 0.0485 e. The van der Waals surface area contributed by atoms with E-state index < -0.39 is 31.8 Å². The molecule has 1 aliphatic heterocycles. The Balaban J connectivity index is 1.50. The molecule has 0 aromatic rings. The first-order chi connectivity index (χ1) is 16.6. The van der Waals surface area contributed by atoms with E-state index in [9.17, 15) is 0 Å². The van der Waals surface area contributed by atoms with Gasteiger partial charge in [-0.25, -0.2) is 0 Å². The van der Waals surface area contributed by atoms with Crippen LogP contribution < -0.4 is 0 Å². The van der Waals surface area contributed by atoms with Gasteiger partial charge in [0.25, 0.3) is 0 Å². The van der Waals surface area contributed by atoms with Crippen LogP contribution in [-0.2, 0) is 0 Å². The van der Waals surface area contributed by atoms with Crippen molar-refractivity contribution in [3.05, 3.63) is 0 Å². The van der Waals surface area contributed by atoms with E-state index >= 15 is 0 Å². The first-order valence-corrected chi connectivity index (χ1v) is 27.3. The van der Waals surface area contributed by atoms with E-state index in [1.807, 2.05) is 0 Å². The molecule has 0 aromatic carbocycles. The van der Waals surface area contributed by atoms with Crippen LogP contribution in [0.3, 0.4) is 0 Å². The van der Waals surface area contributed by atoms with Gasteiger partial charge in [-0.15, -0.1) is 0 Å². The second-order valence-corrected chi connectivity index (χ2v) is 44.7. The summed E-state index contributed by atoms with van der Waals surface area (Å²) < 4.78 is 1.87. The third kappa shape index (κ3) is 2.83. The summed E-state index contributed by atoms with van der Waals surface area (Å²) in [5, 5.41) is 1.15. The summed E-state index contributed by atoms with van der Waals surface area (Å²) in [6, 6.07) is 0. The van der Waals surface area contributed by atoms with Gasteiger partial charge in [-0.1, -0.05) is 67.7 Å². The van der Waals surface area contributed by atoms with Crippen LogP contribution in [0.2, 0.25) is 45.6 Å². The molecule has 0 unspecified atom stereocenters. The van der Waals surface area contributed by atoms with Gasteiger partial charge < -0.3 is 0 Å². The van der Waals surface area contributed by atoms with Crippen molar-refractivity contribution < 1.29 is 0 Å². The van der Waals surface area contributed by atoms with E-state index in [1.54, 1.807) is 64.2 Å². The van der Waals surface area contributed by atoms with Crippen LogP contribution in [0.15, 0.2) is 0 Å². The molecule has 0 amide bonds. The fourth-order valence-corrected chi connectivity index (χ4v) is 68.8. The highest BCUT2D eigenvalue weighted by Gasteiger charge is 2.87. The maximum Gasteiger partial charge on any atom is 0.0485 e. The van der Waals surface area contributed by atoms with Crippen molar-refractivity contribution in [2.24, 2.45) is 47.3 Å². The predicted molar refractivity (Wildman–Crippen MR) is 165 cm³/mol. The molecular formula is C32H58Si4. The minimum atomic E-state index is -1.42. The highest BCUT2D eigenvalue weighted by atomic mass is 29.3. The summed E-state index contributed by atoms with van der Waals surface area (Å²) in [5.74, 6) is 9.28. The third-order valence-electron chi connectivity index (χ3n) is 15.5. The molecule has 0 aromatic heterocycles. The zero-order valence-electron chi connectivity index (χ0n) is 25.7. The lowest BCUT2D eigenvalue weighted by Gasteiger charge is -2.88. The molecule has 9 fully saturated rings. The Morgan fingerprint density at radius 3 is 0.861 bits per heavy atom. The van der Waals surface area contributed by atoms with Crippen molar-refractivity contribution >= 4 is 31.8 Å². The molecule has 1 saturated heterocycles. The molecule has 0 N–H and O–H groups in total. The lowest BCUT2D eigenvalue weighted by atomic mass is 9.54. The Hall–Kier alpha value is 0.868. The predicted octanol–water partition coefficient (Wildman–Crippen LogP) is 9.63. The van der Waals surface area contributed by atoms with Crippen molar-refractivity contribution in [1.29, 1.82) is 0 Å². The van der Waals surface area contributed by atoms with E-state index in [1.165, 1.54) is 23.7 Å². The van der Waals surface area contributed by atoms with Crippen LogP contribution in [-0.4, -0.2) is 31.8 Å². The average molecular weight is 555 g/mol. The molecule has 2 radical (unpaired) electrons. The number of hydrogen-bond acceptors (Lipinski definition) is 0. The van der Waals surface area contributed by atoms with E-state index in [2.05, 4.69) is 67.7 Å². The highest BCUT2D eigenvalue weighted by Crippen LogP contribution is 2.88. The summed E-state index contributed by atoms with van der Waals surface area (Å²) >= 11 is 0. The molecule has 0 nitrogen and oxygen atoms in total. The second kappa shape index (κ2) is 7.38. The Kier molecular flexibility index (Phi) is 5.29. The van der Waals surface area contributed by atoms with E-state index in [0.29, 0.717) is 10.1 Å². The molecule has 36 heavy (non-hydrogen) atoms. The van der Waals surface area contributed by atoms with Gasteiger partial charge in [-0.2, -0.15) is 0 Å². The van der Waals surface area contributed by atoms with Crippen LogP contribution in [0.4, 0.5) is 0 Å². The fraction of sp³-hybridized carbons (Fsp3) is 1.00. The number of hydrogen-bond donors (Lipinski definition) is 0.